The minimum absolute atomic E-state index is 0.0729. The fraction of sp³-hybridized carbons (Fsp3) is 0.316. The first kappa shape index (κ1) is 20.5. The van der Waals surface area contributed by atoms with E-state index in [1.807, 2.05) is 0 Å². The second-order valence-electron chi connectivity index (χ2n) is 6.15. The maximum Gasteiger partial charge on any atom is 0.311 e. The van der Waals surface area contributed by atoms with Crippen LogP contribution in [0.5, 0.6) is 5.75 Å². The number of aldehydes is 1. The number of aryl methyl sites for hydroxylation is 1. The highest BCUT2D eigenvalue weighted by Gasteiger charge is 2.26. The van der Waals surface area contributed by atoms with Crippen molar-refractivity contribution in [2.45, 2.75) is 27.2 Å². The summed E-state index contributed by atoms with van der Waals surface area (Å²) < 4.78 is 12.1. The third kappa shape index (κ3) is 3.97. The van der Waals surface area contributed by atoms with Gasteiger partial charge in [-0.3, -0.25) is 24.1 Å². The van der Waals surface area contributed by atoms with E-state index in [1.165, 1.54) is 17.4 Å². The van der Waals surface area contributed by atoms with Crippen LogP contribution >= 0.6 is 11.3 Å². The van der Waals surface area contributed by atoms with Gasteiger partial charge in [-0.05, 0) is 32.4 Å². The fourth-order valence-electron chi connectivity index (χ4n) is 3.02. The molecule has 152 valence electrons. The molecule has 0 aliphatic carbocycles. The lowest BCUT2D eigenvalue weighted by Crippen LogP contribution is -2.06. The highest BCUT2D eigenvalue weighted by molar-refractivity contribution is 7.17. The minimum atomic E-state index is -0.516. The van der Waals surface area contributed by atoms with Crippen molar-refractivity contribution in [2.24, 2.45) is 0 Å². The molecule has 0 aliphatic heterocycles. The number of aromatic nitrogens is 2. The number of carbonyl (C=O) groups excluding carboxylic acids is 2. The number of benzene rings is 1. The molecular formula is C19H19N3O6S. The van der Waals surface area contributed by atoms with Crippen LogP contribution in [0.15, 0.2) is 18.3 Å². The van der Waals surface area contributed by atoms with E-state index in [1.54, 1.807) is 37.4 Å². The molecule has 0 radical (unpaired) electrons. The molecule has 9 nitrogen and oxygen atoms in total. The molecule has 2 heterocycles. The Bertz CT molecular complexity index is 1100. The van der Waals surface area contributed by atoms with Gasteiger partial charge in [0.1, 0.15) is 11.4 Å². The van der Waals surface area contributed by atoms with E-state index in [0.717, 1.165) is 0 Å². The SMILES string of the molecule is CCOC(=O)Cc1cn2c(C=O)c(-c3cc(C)cc([N+](=O)[O-])c3OCC)nc2s1. The number of carbonyl (C=O) groups is 2. The van der Waals surface area contributed by atoms with Crippen LogP contribution in [0.1, 0.15) is 34.8 Å². The summed E-state index contributed by atoms with van der Waals surface area (Å²) in [5.74, 6) is -0.290. The van der Waals surface area contributed by atoms with Gasteiger partial charge in [-0.15, -0.1) is 11.3 Å². The molecule has 1 aromatic carbocycles. The van der Waals surface area contributed by atoms with Gasteiger partial charge in [0.2, 0.25) is 5.75 Å². The lowest BCUT2D eigenvalue weighted by molar-refractivity contribution is -0.385. The van der Waals surface area contributed by atoms with E-state index in [4.69, 9.17) is 9.47 Å². The van der Waals surface area contributed by atoms with Crippen LogP contribution in [0.25, 0.3) is 16.2 Å². The van der Waals surface area contributed by atoms with Crippen LogP contribution < -0.4 is 4.74 Å². The third-order valence-corrected chi connectivity index (χ3v) is 5.08. The molecule has 0 saturated carbocycles. The number of imidazole rings is 1. The number of hydrogen-bond donors (Lipinski definition) is 0. The zero-order valence-corrected chi connectivity index (χ0v) is 16.9. The summed E-state index contributed by atoms with van der Waals surface area (Å²) in [5.41, 5.74) is 1.37. The quantitative estimate of drug-likeness (QED) is 0.238. The Kier molecular flexibility index (Phi) is 5.92. The lowest BCUT2D eigenvalue weighted by Gasteiger charge is -2.11. The van der Waals surface area contributed by atoms with Gasteiger partial charge in [0.15, 0.2) is 11.2 Å². The zero-order chi connectivity index (χ0) is 21.1. The largest absolute Gasteiger partial charge is 0.487 e. The smallest absolute Gasteiger partial charge is 0.311 e. The van der Waals surface area contributed by atoms with E-state index in [2.05, 4.69) is 4.98 Å². The number of fused-ring (bicyclic) bond motifs is 1. The van der Waals surface area contributed by atoms with Gasteiger partial charge < -0.3 is 9.47 Å². The van der Waals surface area contributed by atoms with E-state index in [-0.39, 0.29) is 42.7 Å². The molecule has 0 amide bonds. The first-order chi connectivity index (χ1) is 13.9. The number of thiazole rings is 1. The number of rotatable bonds is 8. The van der Waals surface area contributed by atoms with Gasteiger partial charge in [0, 0.05) is 17.1 Å². The molecule has 0 spiro atoms. The summed E-state index contributed by atoms with van der Waals surface area (Å²) in [5, 5.41) is 11.5. The topological polar surface area (TPSA) is 113 Å². The zero-order valence-electron chi connectivity index (χ0n) is 16.1. The summed E-state index contributed by atoms with van der Waals surface area (Å²) in [6.07, 6.45) is 2.37. The molecule has 0 N–H and O–H groups in total. The molecule has 3 rings (SSSR count). The predicted molar refractivity (Wildman–Crippen MR) is 107 cm³/mol. The first-order valence-electron chi connectivity index (χ1n) is 8.93. The average Bonchev–Trinajstić information content (AvgIpc) is 3.19. The number of nitrogens with zero attached hydrogens (tertiary/aromatic N) is 3. The molecular weight excluding hydrogens is 398 g/mol. The Balaban J connectivity index is 2.15. The number of ether oxygens (including phenoxy) is 2. The predicted octanol–water partition coefficient (Wildman–Crippen LogP) is 3.60. The molecule has 29 heavy (non-hydrogen) atoms. The maximum absolute atomic E-state index is 11.9. The average molecular weight is 417 g/mol. The standard InChI is InChI=1S/C19H19N3O6S/c1-4-27-16(24)8-12-9-21-15(10-23)17(20-19(21)29-12)13-6-11(3)7-14(22(25)26)18(13)28-5-2/h6-7,9-10H,4-5,8H2,1-3H3. The Hall–Kier alpha value is -3.27. The molecule has 3 aromatic rings. The van der Waals surface area contributed by atoms with Crippen LogP contribution in [0.2, 0.25) is 0 Å². The van der Waals surface area contributed by atoms with Crippen molar-refractivity contribution >= 4 is 34.2 Å². The Morgan fingerprint density at radius 3 is 2.72 bits per heavy atom. The van der Waals surface area contributed by atoms with Crippen molar-refractivity contribution in [2.75, 3.05) is 13.2 Å². The van der Waals surface area contributed by atoms with Crippen molar-refractivity contribution in [1.29, 1.82) is 0 Å². The summed E-state index contributed by atoms with van der Waals surface area (Å²) in [6.45, 7) is 5.69. The molecule has 0 aliphatic rings. The van der Waals surface area contributed by atoms with E-state index in [0.29, 0.717) is 32.9 Å². The normalized spacial score (nSPS) is 10.9. The van der Waals surface area contributed by atoms with Gasteiger partial charge in [-0.1, -0.05) is 0 Å². The Morgan fingerprint density at radius 1 is 1.34 bits per heavy atom. The van der Waals surface area contributed by atoms with Crippen LogP contribution in [0.3, 0.4) is 0 Å². The third-order valence-electron chi connectivity index (χ3n) is 4.10. The van der Waals surface area contributed by atoms with Crippen molar-refractivity contribution in [3.63, 3.8) is 0 Å². The van der Waals surface area contributed by atoms with Crippen molar-refractivity contribution in [3.05, 3.63) is 44.6 Å². The number of esters is 1. The van der Waals surface area contributed by atoms with Crippen LogP contribution in [0, 0.1) is 17.0 Å². The van der Waals surface area contributed by atoms with Gasteiger partial charge in [0.25, 0.3) is 0 Å². The second kappa shape index (κ2) is 8.39. The Labute approximate surface area is 170 Å². The maximum atomic E-state index is 11.9. The second-order valence-corrected chi connectivity index (χ2v) is 7.24. The lowest BCUT2D eigenvalue weighted by atomic mass is 10.0. The van der Waals surface area contributed by atoms with Crippen LogP contribution in [-0.4, -0.2) is 39.8 Å². The van der Waals surface area contributed by atoms with E-state index < -0.39 is 4.92 Å². The van der Waals surface area contributed by atoms with Gasteiger partial charge in [0.05, 0.1) is 30.1 Å². The molecule has 0 atom stereocenters. The van der Waals surface area contributed by atoms with Crippen molar-refractivity contribution in [3.8, 4) is 17.0 Å². The fourth-order valence-corrected chi connectivity index (χ4v) is 3.99. The molecule has 0 unspecified atom stereocenters. The van der Waals surface area contributed by atoms with Gasteiger partial charge >= 0.3 is 11.7 Å². The minimum Gasteiger partial charge on any atom is -0.487 e. The molecule has 0 fully saturated rings. The molecule has 2 aromatic heterocycles. The van der Waals surface area contributed by atoms with Crippen LogP contribution in [0.4, 0.5) is 5.69 Å². The molecule has 0 saturated heterocycles. The monoisotopic (exact) mass is 417 g/mol. The summed E-state index contributed by atoms with van der Waals surface area (Å²) >= 11 is 1.25. The van der Waals surface area contributed by atoms with Crippen molar-refractivity contribution in [1.82, 2.24) is 9.38 Å². The van der Waals surface area contributed by atoms with Crippen LogP contribution in [-0.2, 0) is 16.0 Å². The summed E-state index contributed by atoms with van der Waals surface area (Å²) in [4.78, 5) is 40.3. The van der Waals surface area contributed by atoms with E-state index in [9.17, 15) is 19.7 Å². The first-order valence-corrected chi connectivity index (χ1v) is 9.74. The number of hydrogen-bond acceptors (Lipinski definition) is 8. The number of nitro benzene ring substituents is 1. The van der Waals surface area contributed by atoms with Gasteiger partial charge in [-0.25, -0.2) is 4.98 Å². The number of nitro groups is 1. The summed E-state index contributed by atoms with van der Waals surface area (Å²) in [7, 11) is 0. The molecule has 10 heteroatoms. The highest BCUT2D eigenvalue weighted by Crippen LogP contribution is 2.40. The van der Waals surface area contributed by atoms with Gasteiger partial charge in [-0.2, -0.15) is 0 Å². The summed E-state index contributed by atoms with van der Waals surface area (Å²) in [6, 6.07) is 3.13. The molecule has 0 bridgehead atoms. The van der Waals surface area contributed by atoms with Crippen molar-refractivity contribution < 1.29 is 24.0 Å². The van der Waals surface area contributed by atoms with E-state index >= 15 is 0 Å². The Morgan fingerprint density at radius 2 is 2.10 bits per heavy atom. The highest BCUT2D eigenvalue weighted by atomic mass is 32.1.